The number of anilines is 1. The molecule has 0 saturated heterocycles. The Bertz CT molecular complexity index is 1350. The number of rotatable bonds is 3. The van der Waals surface area contributed by atoms with Crippen LogP contribution < -0.4 is 5.32 Å². The number of hydrogen-bond acceptors (Lipinski definition) is 4. The number of hydrogen-bond donors (Lipinski definition) is 1. The molecule has 29 heavy (non-hydrogen) atoms. The fraction of sp³-hybridized carbons (Fsp3) is 0.0435. The third kappa shape index (κ3) is 3.09. The Morgan fingerprint density at radius 2 is 1.83 bits per heavy atom. The minimum atomic E-state index is -0.316. The molecule has 0 radical (unpaired) electrons. The lowest BCUT2D eigenvalue weighted by atomic mass is 10.1. The molecule has 0 aliphatic heterocycles. The van der Waals surface area contributed by atoms with Gasteiger partial charge in [-0.25, -0.2) is 4.98 Å². The third-order valence-corrected chi connectivity index (χ3v) is 6.19. The van der Waals surface area contributed by atoms with Crippen molar-refractivity contribution in [2.75, 3.05) is 5.32 Å². The molecule has 2 aromatic heterocycles. The van der Waals surface area contributed by atoms with E-state index in [9.17, 15) is 4.79 Å². The molecule has 5 rings (SSSR count). The van der Waals surface area contributed by atoms with Crippen LogP contribution in [0.4, 0.5) is 5.69 Å². The first-order valence-electron chi connectivity index (χ1n) is 9.06. The summed E-state index contributed by atoms with van der Waals surface area (Å²) in [5.41, 5.74) is 3.78. The van der Waals surface area contributed by atoms with E-state index in [-0.39, 0.29) is 11.7 Å². The molecule has 1 N–H and O–H groups in total. The fourth-order valence-corrected chi connectivity index (χ4v) is 4.59. The van der Waals surface area contributed by atoms with Crippen LogP contribution in [0.5, 0.6) is 0 Å². The van der Waals surface area contributed by atoms with E-state index >= 15 is 0 Å². The molecule has 0 saturated carbocycles. The number of benzene rings is 3. The van der Waals surface area contributed by atoms with Gasteiger partial charge in [0, 0.05) is 16.5 Å². The van der Waals surface area contributed by atoms with Crippen LogP contribution in [0.1, 0.15) is 16.1 Å². The lowest BCUT2D eigenvalue weighted by Crippen LogP contribution is -2.12. The molecular weight excluding hydrogens is 404 g/mol. The second-order valence-corrected chi connectivity index (χ2v) is 8.10. The van der Waals surface area contributed by atoms with E-state index in [1.807, 2.05) is 67.6 Å². The molecule has 5 aromatic rings. The van der Waals surface area contributed by atoms with E-state index in [4.69, 9.17) is 21.0 Å². The number of nitrogens with zero attached hydrogens (tertiary/aromatic N) is 1. The van der Waals surface area contributed by atoms with Gasteiger partial charge in [-0.05, 0) is 37.3 Å². The smallest absolute Gasteiger partial charge is 0.291 e. The van der Waals surface area contributed by atoms with Crippen LogP contribution in [0.25, 0.3) is 31.8 Å². The third-order valence-electron chi connectivity index (χ3n) is 4.82. The lowest BCUT2D eigenvalue weighted by Gasteiger charge is -2.08. The van der Waals surface area contributed by atoms with E-state index < -0.39 is 0 Å². The molecule has 0 unspecified atom stereocenters. The van der Waals surface area contributed by atoms with Crippen LogP contribution in [0, 0.1) is 6.92 Å². The number of fused-ring (bicyclic) bond motifs is 2. The van der Waals surface area contributed by atoms with Gasteiger partial charge in [0.25, 0.3) is 5.91 Å². The summed E-state index contributed by atoms with van der Waals surface area (Å²) in [6.45, 7) is 1.86. The number of nitrogens with one attached hydrogen (secondary N) is 1. The predicted molar refractivity (Wildman–Crippen MR) is 119 cm³/mol. The minimum Gasteiger partial charge on any atom is -0.449 e. The Morgan fingerprint density at radius 3 is 2.66 bits per heavy atom. The van der Waals surface area contributed by atoms with Crippen molar-refractivity contribution in [3.8, 4) is 10.6 Å². The molecule has 142 valence electrons. The van der Waals surface area contributed by atoms with E-state index in [0.29, 0.717) is 16.3 Å². The standard InChI is InChI=1S/C23H15ClN2O2S/c1-13-14-8-6-9-16(24)21(14)28-20(13)22(27)25-17-10-3-2-7-15(17)23-26-18-11-4-5-12-19(18)29-23/h2-12H,1H3,(H,25,27). The maximum absolute atomic E-state index is 13.0. The van der Waals surface area contributed by atoms with E-state index in [1.165, 1.54) is 0 Å². The van der Waals surface area contributed by atoms with E-state index in [2.05, 4.69) is 5.32 Å². The lowest BCUT2D eigenvalue weighted by molar-refractivity contribution is 0.0998. The maximum Gasteiger partial charge on any atom is 0.291 e. The molecule has 0 fully saturated rings. The summed E-state index contributed by atoms with van der Waals surface area (Å²) in [5, 5.41) is 5.16. The quantitative estimate of drug-likeness (QED) is 0.346. The zero-order valence-corrected chi connectivity index (χ0v) is 17.0. The largest absolute Gasteiger partial charge is 0.449 e. The predicted octanol–water partition coefficient (Wildman–Crippen LogP) is 6.92. The first kappa shape index (κ1) is 17.9. The van der Waals surface area contributed by atoms with Gasteiger partial charge in [-0.1, -0.05) is 48.0 Å². The second kappa shape index (κ2) is 7.03. The molecule has 0 bridgehead atoms. The van der Waals surface area contributed by atoms with Crippen LogP contribution in [-0.4, -0.2) is 10.9 Å². The number of carbonyl (C=O) groups is 1. The molecule has 4 nitrogen and oxygen atoms in total. The topological polar surface area (TPSA) is 55.1 Å². The number of para-hydroxylation sites is 3. The fourth-order valence-electron chi connectivity index (χ4n) is 3.37. The Kier molecular flexibility index (Phi) is 4.34. The van der Waals surface area contributed by atoms with Crippen molar-refractivity contribution in [3.63, 3.8) is 0 Å². The number of aryl methyl sites for hydroxylation is 1. The minimum absolute atomic E-state index is 0.257. The average Bonchev–Trinajstić information content (AvgIpc) is 3.31. The van der Waals surface area contributed by atoms with Gasteiger partial charge in [-0.15, -0.1) is 11.3 Å². The Morgan fingerprint density at radius 1 is 1.03 bits per heavy atom. The van der Waals surface area contributed by atoms with E-state index in [1.54, 1.807) is 17.4 Å². The maximum atomic E-state index is 13.0. The Labute approximate surface area is 175 Å². The monoisotopic (exact) mass is 418 g/mol. The van der Waals surface area contributed by atoms with Gasteiger partial charge in [-0.2, -0.15) is 0 Å². The summed E-state index contributed by atoms with van der Waals surface area (Å²) in [6.07, 6.45) is 0. The summed E-state index contributed by atoms with van der Waals surface area (Å²) in [6, 6.07) is 21.1. The summed E-state index contributed by atoms with van der Waals surface area (Å²) >= 11 is 7.81. The van der Waals surface area contributed by atoms with Crippen LogP contribution in [0.2, 0.25) is 5.02 Å². The summed E-state index contributed by atoms with van der Waals surface area (Å²) in [5.74, 6) is -0.0597. The van der Waals surface area contributed by atoms with Crippen molar-refractivity contribution in [1.82, 2.24) is 4.98 Å². The van der Waals surface area contributed by atoms with Crippen LogP contribution in [-0.2, 0) is 0 Å². The zero-order valence-electron chi connectivity index (χ0n) is 15.4. The molecule has 2 heterocycles. The van der Waals surface area contributed by atoms with Crippen molar-refractivity contribution < 1.29 is 9.21 Å². The molecule has 3 aromatic carbocycles. The summed E-state index contributed by atoms with van der Waals surface area (Å²) in [7, 11) is 0. The number of thiazole rings is 1. The highest BCUT2D eigenvalue weighted by atomic mass is 35.5. The van der Waals surface area contributed by atoms with Gasteiger partial charge in [0.05, 0.1) is 20.9 Å². The molecule has 0 aliphatic carbocycles. The number of furan rings is 1. The average molecular weight is 419 g/mol. The zero-order chi connectivity index (χ0) is 20.0. The molecule has 6 heteroatoms. The normalized spacial score (nSPS) is 11.2. The van der Waals surface area contributed by atoms with Crippen molar-refractivity contribution >= 4 is 55.7 Å². The molecule has 0 aliphatic rings. The van der Waals surface area contributed by atoms with Crippen molar-refractivity contribution in [3.05, 3.63) is 83.1 Å². The van der Waals surface area contributed by atoms with Crippen molar-refractivity contribution in [2.24, 2.45) is 0 Å². The number of amides is 1. The molecule has 0 atom stereocenters. The van der Waals surface area contributed by atoms with E-state index in [0.717, 1.165) is 31.7 Å². The van der Waals surface area contributed by atoms with Crippen LogP contribution in [0.3, 0.4) is 0 Å². The van der Waals surface area contributed by atoms with Crippen LogP contribution >= 0.6 is 22.9 Å². The second-order valence-electron chi connectivity index (χ2n) is 6.66. The van der Waals surface area contributed by atoms with Gasteiger partial charge in [0.15, 0.2) is 11.3 Å². The summed E-state index contributed by atoms with van der Waals surface area (Å²) in [4.78, 5) is 17.7. The number of halogens is 1. The Balaban J connectivity index is 1.54. The highest BCUT2D eigenvalue weighted by Gasteiger charge is 2.20. The first-order valence-corrected chi connectivity index (χ1v) is 10.2. The van der Waals surface area contributed by atoms with Gasteiger partial charge in [-0.3, -0.25) is 4.79 Å². The van der Waals surface area contributed by atoms with Gasteiger partial charge in [0.2, 0.25) is 0 Å². The molecule has 0 spiro atoms. The first-order chi connectivity index (χ1) is 14.1. The molecular formula is C23H15ClN2O2S. The highest BCUT2D eigenvalue weighted by molar-refractivity contribution is 7.21. The highest BCUT2D eigenvalue weighted by Crippen LogP contribution is 2.35. The van der Waals surface area contributed by atoms with Crippen LogP contribution in [0.15, 0.2) is 71.1 Å². The van der Waals surface area contributed by atoms with Gasteiger partial charge < -0.3 is 9.73 Å². The number of carbonyl (C=O) groups excluding carboxylic acids is 1. The van der Waals surface area contributed by atoms with Gasteiger partial charge >= 0.3 is 0 Å². The summed E-state index contributed by atoms with van der Waals surface area (Å²) < 4.78 is 6.90. The van der Waals surface area contributed by atoms with Crippen molar-refractivity contribution in [2.45, 2.75) is 6.92 Å². The SMILES string of the molecule is Cc1c(C(=O)Nc2ccccc2-c2nc3ccccc3s2)oc2c(Cl)cccc12. The Hall–Kier alpha value is -3.15. The van der Waals surface area contributed by atoms with Gasteiger partial charge in [0.1, 0.15) is 5.01 Å². The van der Waals surface area contributed by atoms with Crippen molar-refractivity contribution in [1.29, 1.82) is 0 Å². The number of aromatic nitrogens is 1. The molecule has 1 amide bonds.